The molecule has 0 nitrogen and oxygen atoms in total. The molecule has 0 amide bonds. The zero-order valence-electron chi connectivity index (χ0n) is 6.61. The fourth-order valence-electron chi connectivity index (χ4n) is 0.448. The molecule has 0 aliphatic heterocycles. The van der Waals surface area contributed by atoms with Gasteiger partial charge < -0.3 is 0 Å². The van der Waals surface area contributed by atoms with Crippen LogP contribution in [0.2, 0.25) is 0 Å². The lowest BCUT2D eigenvalue weighted by Gasteiger charge is -2.16. The average Bonchev–Trinajstić information content (AvgIpc) is 1.63. The summed E-state index contributed by atoms with van der Waals surface area (Å²) in [5, 5.41) is 0. The summed E-state index contributed by atoms with van der Waals surface area (Å²) < 4.78 is 0.420. The summed E-state index contributed by atoms with van der Waals surface area (Å²) in [5.41, 5.74) is 0. The molecule has 0 spiro atoms. The first-order valence-corrected chi connectivity index (χ1v) is 4.29. The highest BCUT2D eigenvalue weighted by Gasteiger charge is 2.08. The Morgan fingerprint density at radius 3 is 2.33 bits per heavy atom. The zero-order valence-corrected chi connectivity index (χ0v) is 7.42. The molecule has 0 heterocycles. The van der Waals surface area contributed by atoms with E-state index in [0.717, 1.165) is 6.42 Å². The molecule has 0 rings (SSSR count). The van der Waals surface area contributed by atoms with Crippen LogP contribution in [0.15, 0.2) is 12.7 Å². The monoisotopic (exact) mass is 144 g/mol. The molecule has 0 unspecified atom stereocenters. The van der Waals surface area contributed by atoms with E-state index in [0.29, 0.717) is 4.75 Å². The Balaban J connectivity index is 3.17. The first-order chi connectivity index (χ1) is 4.06. The zero-order chi connectivity index (χ0) is 7.33. The molecule has 0 fully saturated rings. The molecule has 0 saturated carbocycles. The molecule has 54 valence electrons. The molecule has 0 aliphatic rings. The van der Waals surface area contributed by atoms with E-state index in [1.165, 1.54) is 5.75 Å². The van der Waals surface area contributed by atoms with Crippen molar-refractivity contribution in [1.82, 2.24) is 0 Å². The van der Waals surface area contributed by atoms with E-state index < -0.39 is 0 Å². The van der Waals surface area contributed by atoms with Crippen molar-refractivity contribution in [3.8, 4) is 0 Å². The lowest BCUT2D eigenvalue weighted by Crippen LogP contribution is -2.07. The highest BCUT2D eigenvalue weighted by Crippen LogP contribution is 2.23. The summed E-state index contributed by atoms with van der Waals surface area (Å²) in [7, 11) is 0. The smallest absolute Gasteiger partial charge is 0.00752 e. The van der Waals surface area contributed by atoms with Gasteiger partial charge in [0.15, 0.2) is 0 Å². The highest BCUT2D eigenvalue weighted by atomic mass is 32.2. The topological polar surface area (TPSA) is 0 Å². The van der Waals surface area contributed by atoms with Crippen molar-refractivity contribution in [3.63, 3.8) is 0 Å². The minimum absolute atomic E-state index is 0.420. The largest absolute Gasteiger partial charge is 0.156 e. The molecular weight excluding hydrogens is 128 g/mol. The maximum Gasteiger partial charge on any atom is 0.00752 e. The van der Waals surface area contributed by atoms with Gasteiger partial charge in [-0.05, 0) is 12.2 Å². The standard InChI is InChI=1S/C8H16S/c1-5-6-7-9-8(2,3)4/h5H,1,6-7H2,2-4H3. The fraction of sp³-hybridized carbons (Fsp3) is 0.750. The van der Waals surface area contributed by atoms with Crippen LogP contribution in [0.3, 0.4) is 0 Å². The van der Waals surface area contributed by atoms with Crippen molar-refractivity contribution in [2.75, 3.05) is 5.75 Å². The van der Waals surface area contributed by atoms with Crippen LogP contribution in [-0.2, 0) is 0 Å². The van der Waals surface area contributed by atoms with Gasteiger partial charge in [0.2, 0.25) is 0 Å². The predicted octanol–water partition coefficient (Wildman–Crippen LogP) is 3.09. The third-order valence-corrected chi connectivity index (χ3v) is 2.16. The van der Waals surface area contributed by atoms with Gasteiger partial charge in [0.25, 0.3) is 0 Å². The van der Waals surface area contributed by atoms with Gasteiger partial charge in [-0.25, -0.2) is 0 Å². The van der Waals surface area contributed by atoms with Crippen LogP contribution in [0.4, 0.5) is 0 Å². The van der Waals surface area contributed by atoms with Crippen LogP contribution in [-0.4, -0.2) is 10.5 Å². The van der Waals surface area contributed by atoms with E-state index in [-0.39, 0.29) is 0 Å². The van der Waals surface area contributed by atoms with Crippen LogP contribution in [0.1, 0.15) is 27.2 Å². The summed E-state index contributed by atoms with van der Waals surface area (Å²) in [6.45, 7) is 10.4. The molecule has 0 aromatic carbocycles. The maximum atomic E-state index is 3.67. The van der Waals surface area contributed by atoms with Crippen LogP contribution in [0.5, 0.6) is 0 Å². The number of rotatable bonds is 3. The summed E-state index contributed by atoms with van der Waals surface area (Å²) >= 11 is 1.99. The molecule has 0 saturated heterocycles. The first kappa shape index (κ1) is 9.09. The second-order valence-corrected chi connectivity index (χ2v) is 4.96. The predicted molar refractivity (Wildman–Crippen MR) is 47.0 cm³/mol. The number of hydrogen-bond acceptors (Lipinski definition) is 1. The van der Waals surface area contributed by atoms with Crippen LogP contribution in [0.25, 0.3) is 0 Å². The third-order valence-electron chi connectivity index (χ3n) is 0.857. The van der Waals surface area contributed by atoms with Crippen molar-refractivity contribution < 1.29 is 0 Å². The van der Waals surface area contributed by atoms with Crippen molar-refractivity contribution in [2.45, 2.75) is 31.9 Å². The summed E-state index contributed by atoms with van der Waals surface area (Å²) in [4.78, 5) is 0. The molecule has 0 N–H and O–H groups in total. The molecule has 0 aliphatic carbocycles. The summed E-state index contributed by atoms with van der Waals surface area (Å²) in [6.07, 6.45) is 3.10. The highest BCUT2D eigenvalue weighted by molar-refractivity contribution is 8.00. The molecule has 1 heteroatoms. The van der Waals surface area contributed by atoms with Crippen LogP contribution >= 0.6 is 11.8 Å². The van der Waals surface area contributed by atoms with Crippen molar-refractivity contribution in [2.24, 2.45) is 0 Å². The first-order valence-electron chi connectivity index (χ1n) is 3.31. The van der Waals surface area contributed by atoms with Gasteiger partial charge in [-0.15, -0.1) is 6.58 Å². The van der Waals surface area contributed by atoms with E-state index in [4.69, 9.17) is 0 Å². The second-order valence-electron chi connectivity index (χ2n) is 3.04. The van der Waals surface area contributed by atoms with E-state index in [9.17, 15) is 0 Å². The maximum absolute atomic E-state index is 3.67. The van der Waals surface area contributed by atoms with E-state index in [2.05, 4.69) is 27.4 Å². The van der Waals surface area contributed by atoms with Crippen molar-refractivity contribution >= 4 is 11.8 Å². The summed E-state index contributed by atoms with van der Waals surface area (Å²) in [5.74, 6) is 1.20. The third kappa shape index (κ3) is 8.09. The normalized spacial score (nSPS) is 11.4. The fourth-order valence-corrected chi connectivity index (χ4v) is 1.35. The summed E-state index contributed by atoms with van der Waals surface area (Å²) in [6, 6.07) is 0. The SMILES string of the molecule is C=CCCSC(C)(C)C. The van der Waals surface area contributed by atoms with Gasteiger partial charge in [0.1, 0.15) is 0 Å². The van der Waals surface area contributed by atoms with Gasteiger partial charge >= 0.3 is 0 Å². The minimum Gasteiger partial charge on any atom is -0.156 e. The van der Waals surface area contributed by atoms with Crippen LogP contribution < -0.4 is 0 Å². The Morgan fingerprint density at radius 1 is 1.44 bits per heavy atom. The molecule has 0 radical (unpaired) electrons. The van der Waals surface area contributed by atoms with E-state index in [1.807, 2.05) is 17.8 Å². The Morgan fingerprint density at radius 2 is 2.00 bits per heavy atom. The van der Waals surface area contributed by atoms with Crippen molar-refractivity contribution in [1.29, 1.82) is 0 Å². The molecular formula is C8H16S. The number of thioether (sulfide) groups is 1. The van der Waals surface area contributed by atoms with Gasteiger partial charge in [-0.1, -0.05) is 26.8 Å². The van der Waals surface area contributed by atoms with Crippen molar-refractivity contribution in [3.05, 3.63) is 12.7 Å². The van der Waals surface area contributed by atoms with Crippen LogP contribution in [0, 0.1) is 0 Å². The lowest BCUT2D eigenvalue weighted by molar-refractivity contribution is 0.802. The molecule has 9 heavy (non-hydrogen) atoms. The van der Waals surface area contributed by atoms with E-state index >= 15 is 0 Å². The molecule has 0 bridgehead atoms. The van der Waals surface area contributed by atoms with Gasteiger partial charge in [-0.2, -0.15) is 11.8 Å². The minimum atomic E-state index is 0.420. The Labute approximate surface area is 62.7 Å². The van der Waals surface area contributed by atoms with E-state index in [1.54, 1.807) is 0 Å². The Bertz CT molecular complexity index is 79.1. The number of hydrogen-bond donors (Lipinski definition) is 0. The molecule has 0 atom stereocenters. The number of allylic oxidation sites excluding steroid dienone is 1. The quantitative estimate of drug-likeness (QED) is 0.433. The molecule has 0 aromatic rings. The second kappa shape index (κ2) is 3.99. The average molecular weight is 144 g/mol. The lowest BCUT2D eigenvalue weighted by atomic mass is 10.3. The van der Waals surface area contributed by atoms with Gasteiger partial charge in [0, 0.05) is 4.75 Å². The Hall–Kier alpha value is 0.0900. The Kier molecular flexibility index (Phi) is 4.03. The molecule has 0 aromatic heterocycles. The van der Waals surface area contributed by atoms with Gasteiger partial charge in [0.05, 0.1) is 0 Å². The van der Waals surface area contributed by atoms with Gasteiger partial charge in [-0.3, -0.25) is 0 Å².